The van der Waals surface area contributed by atoms with Crippen LogP contribution in [0.4, 0.5) is 0 Å². The molecule has 0 unspecified atom stereocenters. The van der Waals surface area contributed by atoms with Gasteiger partial charge in [0.1, 0.15) is 6.61 Å². The van der Waals surface area contributed by atoms with Crippen LogP contribution in [0.2, 0.25) is 0 Å². The highest BCUT2D eigenvalue weighted by molar-refractivity contribution is 5.35. The van der Waals surface area contributed by atoms with E-state index in [-0.39, 0.29) is 5.54 Å². The predicted octanol–water partition coefficient (Wildman–Crippen LogP) is 1.88. The van der Waals surface area contributed by atoms with Gasteiger partial charge in [-0.1, -0.05) is 0 Å². The zero-order valence-electron chi connectivity index (χ0n) is 12.4. The van der Waals surface area contributed by atoms with Crippen LogP contribution in [0.3, 0.4) is 0 Å². The molecule has 0 saturated carbocycles. The van der Waals surface area contributed by atoms with E-state index in [4.69, 9.17) is 10.5 Å². The summed E-state index contributed by atoms with van der Waals surface area (Å²) in [4.78, 5) is 6.58. The molecular formula is C14H25N3O. The summed E-state index contributed by atoms with van der Waals surface area (Å²) in [7, 11) is 4.09. The standard InChI is InChI=1S/C14H25N3O/c1-10-7-11(2)16-13(12(10)8-15)18-9-14(3,4)17(5)6/h7H,8-9,15H2,1-6H3. The Labute approximate surface area is 110 Å². The van der Waals surface area contributed by atoms with E-state index in [1.807, 2.05) is 34.0 Å². The summed E-state index contributed by atoms with van der Waals surface area (Å²) < 4.78 is 5.88. The maximum Gasteiger partial charge on any atom is 0.218 e. The molecule has 4 heteroatoms. The average molecular weight is 251 g/mol. The number of hydrogen-bond donors (Lipinski definition) is 1. The number of nitrogens with two attached hydrogens (primary N) is 1. The van der Waals surface area contributed by atoms with E-state index in [9.17, 15) is 0 Å². The zero-order valence-corrected chi connectivity index (χ0v) is 12.4. The van der Waals surface area contributed by atoms with E-state index >= 15 is 0 Å². The summed E-state index contributed by atoms with van der Waals surface area (Å²) in [6.45, 7) is 9.33. The molecule has 0 bridgehead atoms. The molecule has 1 aromatic heterocycles. The lowest BCUT2D eigenvalue weighted by Gasteiger charge is -2.32. The first-order valence-corrected chi connectivity index (χ1v) is 6.25. The van der Waals surface area contributed by atoms with Crippen molar-refractivity contribution in [1.29, 1.82) is 0 Å². The van der Waals surface area contributed by atoms with Crippen molar-refractivity contribution in [2.45, 2.75) is 39.8 Å². The third-order valence-electron chi connectivity index (χ3n) is 3.41. The summed E-state index contributed by atoms with van der Waals surface area (Å²) in [5, 5.41) is 0. The lowest BCUT2D eigenvalue weighted by atomic mass is 10.1. The lowest BCUT2D eigenvalue weighted by molar-refractivity contribution is 0.110. The summed E-state index contributed by atoms with van der Waals surface area (Å²) in [6.07, 6.45) is 0. The van der Waals surface area contributed by atoms with Crippen LogP contribution in [0.1, 0.15) is 30.7 Å². The molecule has 0 fully saturated rings. The van der Waals surface area contributed by atoms with Crippen molar-refractivity contribution in [2.24, 2.45) is 5.73 Å². The molecule has 0 aliphatic carbocycles. The predicted molar refractivity (Wildman–Crippen MR) is 74.9 cm³/mol. The minimum absolute atomic E-state index is 0.0365. The maximum absolute atomic E-state index is 5.88. The first kappa shape index (κ1) is 14.9. The minimum atomic E-state index is -0.0365. The van der Waals surface area contributed by atoms with Gasteiger partial charge in [0.15, 0.2) is 0 Å². The van der Waals surface area contributed by atoms with Crippen LogP contribution in [-0.4, -0.2) is 36.1 Å². The van der Waals surface area contributed by atoms with Crippen molar-refractivity contribution < 1.29 is 4.74 Å². The minimum Gasteiger partial charge on any atom is -0.475 e. The molecule has 0 saturated heterocycles. The molecule has 0 aliphatic rings. The highest BCUT2D eigenvalue weighted by Crippen LogP contribution is 2.22. The molecule has 1 aromatic rings. The van der Waals surface area contributed by atoms with E-state index < -0.39 is 0 Å². The van der Waals surface area contributed by atoms with Gasteiger partial charge in [0.25, 0.3) is 0 Å². The molecule has 102 valence electrons. The van der Waals surface area contributed by atoms with Crippen LogP contribution in [0.25, 0.3) is 0 Å². The van der Waals surface area contributed by atoms with Gasteiger partial charge in [-0.05, 0) is 53.4 Å². The molecule has 1 rings (SSSR count). The van der Waals surface area contributed by atoms with Crippen LogP contribution < -0.4 is 10.5 Å². The molecule has 0 aliphatic heterocycles. The second-order valence-electron chi connectivity index (χ2n) is 5.56. The highest BCUT2D eigenvalue weighted by Gasteiger charge is 2.22. The number of aryl methyl sites for hydroxylation is 2. The van der Waals surface area contributed by atoms with Gasteiger partial charge in [-0.2, -0.15) is 0 Å². The molecule has 0 atom stereocenters. The molecule has 1 heterocycles. The topological polar surface area (TPSA) is 51.4 Å². The van der Waals surface area contributed by atoms with Gasteiger partial charge in [0, 0.05) is 23.3 Å². The molecule has 18 heavy (non-hydrogen) atoms. The van der Waals surface area contributed by atoms with Crippen molar-refractivity contribution in [1.82, 2.24) is 9.88 Å². The number of rotatable bonds is 5. The van der Waals surface area contributed by atoms with Gasteiger partial charge >= 0.3 is 0 Å². The number of nitrogens with zero attached hydrogens (tertiary/aromatic N) is 2. The molecule has 0 amide bonds. The van der Waals surface area contributed by atoms with Gasteiger partial charge in [-0.25, -0.2) is 4.98 Å². The smallest absolute Gasteiger partial charge is 0.218 e. The van der Waals surface area contributed by atoms with Crippen molar-refractivity contribution >= 4 is 0 Å². The number of pyridine rings is 1. The molecule has 0 aromatic carbocycles. The van der Waals surface area contributed by atoms with Gasteiger partial charge in [-0.3, -0.25) is 0 Å². The van der Waals surface area contributed by atoms with Crippen molar-refractivity contribution in [3.8, 4) is 5.88 Å². The Morgan fingerprint density at radius 2 is 1.94 bits per heavy atom. The molecule has 2 N–H and O–H groups in total. The van der Waals surface area contributed by atoms with Crippen LogP contribution in [-0.2, 0) is 6.54 Å². The fourth-order valence-electron chi connectivity index (χ4n) is 1.57. The Kier molecular flexibility index (Phi) is 4.71. The first-order valence-electron chi connectivity index (χ1n) is 6.25. The Bertz CT molecular complexity index is 414. The van der Waals surface area contributed by atoms with Gasteiger partial charge < -0.3 is 15.4 Å². The van der Waals surface area contributed by atoms with Gasteiger partial charge in [-0.15, -0.1) is 0 Å². The number of aromatic nitrogens is 1. The van der Waals surface area contributed by atoms with E-state index in [1.54, 1.807) is 0 Å². The number of hydrogen-bond acceptors (Lipinski definition) is 4. The summed E-state index contributed by atoms with van der Waals surface area (Å²) >= 11 is 0. The van der Waals surface area contributed by atoms with Gasteiger partial charge in [0.05, 0.1) is 0 Å². The van der Waals surface area contributed by atoms with Crippen molar-refractivity contribution in [2.75, 3.05) is 20.7 Å². The normalized spacial score (nSPS) is 12.0. The van der Waals surface area contributed by atoms with Crippen LogP contribution in [0.15, 0.2) is 6.07 Å². The fraction of sp³-hybridized carbons (Fsp3) is 0.643. The van der Waals surface area contributed by atoms with Crippen LogP contribution in [0.5, 0.6) is 5.88 Å². The van der Waals surface area contributed by atoms with Gasteiger partial charge in [0.2, 0.25) is 5.88 Å². The molecule has 4 nitrogen and oxygen atoms in total. The quantitative estimate of drug-likeness (QED) is 0.868. The second-order valence-corrected chi connectivity index (χ2v) is 5.56. The average Bonchev–Trinajstić information content (AvgIpc) is 2.25. The number of ether oxygens (including phenoxy) is 1. The lowest BCUT2D eigenvalue weighted by Crippen LogP contribution is -2.43. The van der Waals surface area contributed by atoms with Crippen LogP contribution in [0, 0.1) is 13.8 Å². The summed E-state index contributed by atoms with van der Waals surface area (Å²) in [5.41, 5.74) is 8.83. The zero-order chi connectivity index (χ0) is 13.9. The maximum atomic E-state index is 5.88. The fourth-order valence-corrected chi connectivity index (χ4v) is 1.57. The van der Waals surface area contributed by atoms with Crippen molar-refractivity contribution in [3.63, 3.8) is 0 Å². The van der Waals surface area contributed by atoms with Crippen molar-refractivity contribution in [3.05, 3.63) is 22.9 Å². The monoisotopic (exact) mass is 251 g/mol. The summed E-state index contributed by atoms with van der Waals surface area (Å²) in [6, 6.07) is 2.03. The highest BCUT2D eigenvalue weighted by atomic mass is 16.5. The molecule has 0 radical (unpaired) electrons. The summed E-state index contributed by atoms with van der Waals surface area (Å²) in [5.74, 6) is 0.671. The number of likely N-dealkylation sites (N-methyl/N-ethyl adjacent to an activating group) is 1. The Hall–Kier alpha value is -1.13. The second kappa shape index (κ2) is 5.67. The van der Waals surface area contributed by atoms with E-state index in [2.05, 4.69) is 23.7 Å². The Balaban J connectivity index is 2.91. The SMILES string of the molecule is Cc1cc(C)c(CN)c(OCC(C)(C)N(C)C)n1. The van der Waals surface area contributed by atoms with E-state index in [1.165, 1.54) is 0 Å². The largest absolute Gasteiger partial charge is 0.475 e. The Morgan fingerprint density at radius 3 is 2.44 bits per heavy atom. The van der Waals surface area contributed by atoms with Crippen LogP contribution >= 0.6 is 0 Å². The third kappa shape index (κ3) is 3.43. The Morgan fingerprint density at radius 1 is 1.33 bits per heavy atom. The first-order chi connectivity index (χ1) is 8.27. The molecular weight excluding hydrogens is 226 g/mol. The molecule has 0 spiro atoms. The van der Waals surface area contributed by atoms with E-state index in [0.717, 1.165) is 16.8 Å². The third-order valence-corrected chi connectivity index (χ3v) is 3.41. The van der Waals surface area contributed by atoms with E-state index in [0.29, 0.717) is 19.0 Å².